The molecule has 3 rings (SSSR count). The summed E-state index contributed by atoms with van der Waals surface area (Å²) < 4.78 is 42.0. The second-order valence-electron chi connectivity index (χ2n) is 8.78. The van der Waals surface area contributed by atoms with Crippen LogP contribution in [0.3, 0.4) is 0 Å². The minimum absolute atomic E-state index is 0.0119. The lowest BCUT2D eigenvalue weighted by atomic mass is 9.91. The number of nitrogens with one attached hydrogen (secondary N) is 1. The predicted octanol–water partition coefficient (Wildman–Crippen LogP) is 6.16. The van der Waals surface area contributed by atoms with Gasteiger partial charge in [-0.15, -0.1) is 0 Å². The molecule has 190 valence electrons. The molecule has 0 bridgehead atoms. The van der Waals surface area contributed by atoms with Crippen molar-refractivity contribution in [3.8, 4) is 0 Å². The summed E-state index contributed by atoms with van der Waals surface area (Å²) in [5, 5.41) is 3.48. The van der Waals surface area contributed by atoms with Gasteiger partial charge in [-0.1, -0.05) is 43.6 Å². The normalized spacial score (nSPS) is 13.8. The number of benzene rings is 1. The van der Waals surface area contributed by atoms with E-state index >= 15 is 0 Å². The monoisotopic (exact) mass is 508 g/mol. The Morgan fingerprint density at radius 1 is 1.20 bits per heavy atom. The van der Waals surface area contributed by atoms with Crippen LogP contribution in [0.25, 0.3) is 5.65 Å². The van der Waals surface area contributed by atoms with Crippen LogP contribution >= 0.6 is 11.6 Å². The van der Waals surface area contributed by atoms with Gasteiger partial charge in [0, 0.05) is 30.8 Å². The fraction of sp³-hybridized carbons (Fsp3) is 0.462. The topological polar surface area (TPSA) is 49.6 Å². The molecule has 1 aromatic carbocycles. The molecule has 0 radical (unpaired) electrons. The molecule has 35 heavy (non-hydrogen) atoms. The molecule has 0 fully saturated rings. The molecule has 5 nitrogen and oxygen atoms in total. The third-order valence-electron chi connectivity index (χ3n) is 6.27. The number of fused-ring (bicyclic) bond motifs is 1. The second-order valence-corrected chi connectivity index (χ2v) is 9.21. The molecule has 2 aromatic heterocycles. The van der Waals surface area contributed by atoms with Gasteiger partial charge in [-0.25, -0.2) is 4.98 Å². The molecule has 2 heterocycles. The number of halogens is 4. The third-order valence-corrected chi connectivity index (χ3v) is 6.50. The largest absolute Gasteiger partial charge is 0.416 e. The van der Waals surface area contributed by atoms with E-state index in [1.807, 2.05) is 6.92 Å². The maximum absolute atomic E-state index is 13.4. The highest BCUT2D eigenvalue weighted by Gasteiger charge is 2.32. The Hall–Kier alpha value is -2.58. The van der Waals surface area contributed by atoms with Gasteiger partial charge in [-0.2, -0.15) is 13.2 Å². The fourth-order valence-corrected chi connectivity index (χ4v) is 4.47. The highest BCUT2D eigenvalue weighted by molar-refractivity contribution is 6.30. The summed E-state index contributed by atoms with van der Waals surface area (Å²) in [7, 11) is 0. The maximum Gasteiger partial charge on any atom is 0.416 e. The summed E-state index contributed by atoms with van der Waals surface area (Å²) in [4.78, 5) is 19.7. The van der Waals surface area contributed by atoms with E-state index in [2.05, 4.69) is 29.0 Å². The minimum atomic E-state index is -4.48. The van der Waals surface area contributed by atoms with Crippen molar-refractivity contribution in [3.63, 3.8) is 0 Å². The number of nitrogens with zero attached hydrogens (tertiary/aromatic N) is 3. The maximum atomic E-state index is 13.4. The van der Waals surface area contributed by atoms with Crippen LogP contribution in [-0.4, -0.2) is 45.9 Å². The number of carbonyl (C=O) groups excluding carboxylic acids is 1. The SMILES string of the molecule is CCN(CC)CCCC(C)NC(=O)CC(c1cccc(C(F)(F)F)c1)c1cnc2ccc(Cl)cn12. The first-order valence-corrected chi connectivity index (χ1v) is 12.3. The standard InChI is InChI=1S/C26H32ClF3N4O/c1-4-33(5-2)13-7-8-18(3)32-25(35)15-22(19-9-6-10-20(14-19)26(28,29)30)23-16-31-24-12-11-21(27)17-34(23)24/h6,9-12,14,16-18,22H,4-5,7-8,13,15H2,1-3H3,(H,32,35). The number of pyridine rings is 1. The van der Waals surface area contributed by atoms with Crippen LogP contribution in [0.2, 0.25) is 5.02 Å². The van der Waals surface area contributed by atoms with E-state index in [4.69, 9.17) is 11.6 Å². The first-order chi connectivity index (χ1) is 16.6. The molecule has 0 saturated heterocycles. The minimum Gasteiger partial charge on any atom is -0.354 e. The Kier molecular flexibility index (Phi) is 9.19. The van der Waals surface area contributed by atoms with E-state index in [0.717, 1.165) is 44.6 Å². The molecule has 0 aliphatic heterocycles. The Bertz CT molecular complexity index is 1130. The molecule has 3 aromatic rings. The van der Waals surface area contributed by atoms with Crippen LogP contribution in [0.5, 0.6) is 0 Å². The van der Waals surface area contributed by atoms with E-state index in [0.29, 0.717) is 21.9 Å². The van der Waals surface area contributed by atoms with Gasteiger partial charge >= 0.3 is 6.18 Å². The Morgan fingerprint density at radius 3 is 2.63 bits per heavy atom. The zero-order valence-electron chi connectivity index (χ0n) is 20.3. The smallest absolute Gasteiger partial charge is 0.354 e. The van der Waals surface area contributed by atoms with E-state index in [1.54, 1.807) is 35.0 Å². The molecular weight excluding hydrogens is 477 g/mol. The van der Waals surface area contributed by atoms with Gasteiger partial charge < -0.3 is 14.6 Å². The highest BCUT2D eigenvalue weighted by atomic mass is 35.5. The molecule has 2 atom stereocenters. The molecule has 1 amide bonds. The Morgan fingerprint density at radius 2 is 1.94 bits per heavy atom. The number of hydrogen-bond donors (Lipinski definition) is 1. The number of amides is 1. The number of hydrogen-bond acceptors (Lipinski definition) is 3. The zero-order valence-corrected chi connectivity index (χ0v) is 21.0. The number of imidazole rings is 1. The molecular formula is C26H32ClF3N4O. The summed E-state index contributed by atoms with van der Waals surface area (Å²) in [6.07, 6.45) is 0.533. The van der Waals surface area contributed by atoms with Crippen molar-refractivity contribution >= 4 is 23.2 Å². The van der Waals surface area contributed by atoms with Gasteiger partial charge in [-0.3, -0.25) is 4.79 Å². The Balaban J connectivity index is 1.83. The predicted molar refractivity (Wildman–Crippen MR) is 133 cm³/mol. The number of rotatable bonds is 11. The van der Waals surface area contributed by atoms with Crippen molar-refractivity contribution in [2.75, 3.05) is 19.6 Å². The van der Waals surface area contributed by atoms with Gasteiger partial charge in [0.1, 0.15) is 5.65 Å². The third kappa shape index (κ3) is 7.21. The molecule has 0 aliphatic rings. The molecule has 9 heteroatoms. The first-order valence-electron chi connectivity index (χ1n) is 11.9. The average Bonchev–Trinajstić information content (AvgIpc) is 3.22. The number of alkyl halides is 3. The van der Waals surface area contributed by atoms with Gasteiger partial charge in [0.2, 0.25) is 5.91 Å². The van der Waals surface area contributed by atoms with Crippen molar-refractivity contribution in [1.82, 2.24) is 19.6 Å². The second kappa shape index (κ2) is 11.9. The lowest BCUT2D eigenvalue weighted by molar-refractivity contribution is -0.137. The molecule has 0 saturated carbocycles. The van der Waals surface area contributed by atoms with Gasteiger partial charge in [0.15, 0.2) is 0 Å². The van der Waals surface area contributed by atoms with Crippen molar-refractivity contribution in [3.05, 3.63) is 70.6 Å². The van der Waals surface area contributed by atoms with Crippen LogP contribution in [0.4, 0.5) is 13.2 Å². The van der Waals surface area contributed by atoms with E-state index in [9.17, 15) is 18.0 Å². The van der Waals surface area contributed by atoms with Crippen LogP contribution in [-0.2, 0) is 11.0 Å². The van der Waals surface area contributed by atoms with Crippen LogP contribution < -0.4 is 5.32 Å². The van der Waals surface area contributed by atoms with E-state index in [1.165, 1.54) is 6.07 Å². The molecule has 1 N–H and O–H groups in total. The van der Waals surface area contributed by atoms with E-state index < -0.39 is 17.7 Å². The molecule has 2 unspecified atom stereocenters. The number of carbonyl (C=O) groups is 1. The van der Waals surface area contributed by atoms with Gasteiger partial charge in [0.25, 0.3) is 0 Å². The summed E-state index contributed by atoms with van der Waals surface area (Å²) in [6.45, 7) is 9.13. The van der Waals surface area contributed by atoms with Crippen molar-refractivity contribution in [2.45, 2.75) is 58.2 Å². The zero-order chi connectivity index (χ0) is 25.6. The first kappa shape index (κ1) is 27.0. The van der Waals surface area contributed by atoms with Crippen molar-refractivity contribution in [1.29, 1.82) is 0 Å². The van der Waals surface area contributed by atoms with Crippen LogP contribution in [0, 0.1) is 0 Å². The summed E-state index contributed by atoms with van der Waals surface area (Å²) in [5.41, 5.74) is 0.848. The van der Waals surface area contributed by atoms with Crippen LogP contribution in [0.15, 0.2) is 48.8 Å². The summed E-state index contributed by atoms with van der Waals surface area (Å²) >= 11 is 6.17. The average molecular weight is 509 g/mol. The molecule has 0 spiro atoms. The quantitative estimate of drug-likeness (QED) is 0.338. The highest BCUT2D eigenvalue weighted by Crippen LogP contribution is 2.35. The van der Waals surface area contributed by atoms with Crippen LogP contribution in [0.1, 0.15) is 62.8 Å². The van der Waals surface area contributed by atoms with Gasteiger partial charge in [0.05, 0.1) is 16.3 Å². The lowest BCUT2D eigenvalue weighted by Gasteiger charge is -2.22. The lowest BCUT2D eigenvalue weighted by Crippen LogP contribution is -2.34. The number of aromatic nitrogens is 2. The van der Waals surface area contributed by atoms with Crippen molar-refractivity contribution in [2.24, 2.45) is 0 Å². The van der Waals surface area contributed by atoms with E-state index in [-0.39, 0.29) is 18.4 Å². The summed E-state index contributed by atoms with van der Waals surface area (Å²) in [6, 6.07) is 8.50. The fourth-order valence-electron chi connectivity index (χ4n) is 4.31. The van der Waals surface area contributed by atoms with Gasteiger partial charge in [-0.05, 0) is 63.2 Å². The summed E-state index contributed by atoms with van der Waals surface area (Å²) in [5.74, 6) is -0.853. The Labute approximate surface area is 209 Å². The van der Waals surface area contributed by atoms with Crippen molar-refractivity contribution < 1.29 is 18.0 Å². The molecule has 0 aliphatic carbocycles.